The lowest BCUT2D eigenvalue weighted by Crippen LogP contribution is -2.43. The Morgan fingerprint density at radius 1 is 0.755 bits per heavy atom. The molecule has 2 aliphatic carbocycles. The van der Waals surface area contributed by atoms with E-state index >= 15 is 0 Å². The van der Waals surface area contributed by atoms with Crippen molar-refractivity contribution in [3.8, 4) is 11.5 Å². The SMILES string of the molecule is COc1cc(C=C[C@H]2C3=CC[C@@H]4C(=O)N(c5cccc(C(=O)O)c5)C(=O)[C@@H]4[C@@H]3C[C@H]3C(=O)N(c4cccc(C(=O)O)c4)C(=O)[C@@H]23)ccc1O. The van der Waals surface area contributed by atoms with Gasteiger partial charge in [-0.2, -0.15) is 0 Å². The molecule has 0 aromatic heterocycles. The summed E-state index contributed by atoms with van der Waals surface area (Å²) in [6.45, 7) is 0. The Labute approximate surface area is 279 Å². The predicted octanol–water partition coefficient (Wildman–Crippen LogP) is 4.39. The van der Waals surface area contributed by atoms with Gasteiger partial charge < -0.3 is 20.1 Å². The van der Waals surface area contributed by atoms with E-state index in [0.29, 0.717) is 5.56 Å². The molecule has 3 N–H and O–H groups in total. The van der Waals surface area contributed by atoms with E-state index in [1.165, 1.54) is 61.7 Å². The van der Waals surface area contributed by atoms with Crippen molar-refractivity contribution in [1.82, 2.24) is 0 Å². The lowest BCUT2D eigenvalue weighted by molar-refractivity contribution is -0.126. The van der Waals surface area contributed by atoms with Crippen molar-refractivity contribution in [2.75, 3.05) is 16.9 Å². The van der Waals surface area contributed by atoms with E-state index in [1.807, 2.05) is 6.08 Å². The summed E-state index contributed by atoms with van der Waals surface area (Å²) in [5.74, 6) is -8.81. The summed E-state index contributed by atoms with van der Waals surface area (Å²) in [5, 5.41) is 29.2. The number of ether oxygens (including phenoxy) is 1. The summed E-state index contributed by atoms with van der Waals surface area (Å²) >= 11 is 0. The van der Waals surface area contributed by atoms with Crippen molar-refractivity contribution in [1.29, 1.82) is 0 Å². The zero-order chi connectivity index (χ0) is 34.7. The number of hydrogen-bond donors (Lipinski definition) is 3. The summed E-state index contributed by atoms with van der Waals surface area (Å²) in [5.41, 5.74) is 1.49. The van der Waals surface area contributed by atoms with Crippen molar-refractivity contribution in [3.05, 3.63) is 101 Å². The number of fused-ring (bicyclic) bond motifs is 4. The third-order valence-corrected chi connectivity index (χ3v) is 10.1. The number of aromatic carboxylic acids is 2. The molecule has 2 saturated heterocycles. The summed E-state index contributed by atoms with van der Waals surface area (Å²) < 4.78 is 5.24. The van der Waals surface area contributed by atoms with Crippen molar-refractivity contribution in [2.24, 2.45) is 35.5 Å². The number of rotatable bonds is 7. The molecule has 3 aromatic carbocycles. The number of phenols is 1. The molecule has 12 heteroatoms. The molecule has 4 aliphatic rings. The molecule has 3 fully saturated rings. The lowest BCUT2D eigenvalue weighted by Gasteiger charge is -2.42. The maximum absolute atomic E-state index is 14.2. The van der Waals surface area contributed by atoms with E-state index in [4.69, 9.17) is 4.74 Å². The number of imide groups is 2. The van der Waals surface area contributed by atoms with Crippen molar-refractivity contribution in [3.63, 3.8) is 0 Å². The number of methoxy groups -OCH3 is 1. The van der Waals surface area contributed by atoms with E-state index in [1.54, 1.807) is 24.3 Å². The van der Waals surface area contributed by atoms with Gasteiger partial charge in [0.2, 0.25) is 23.6 Å². The fourth-order valence-electron chi connectivity index (χ4n) is 7.93. The molecule has 4 amide bonds. The van der Waals surface area contributed by atoms with E-state index in [-0.39, 0.29) is 46.8 Å². The minimum atomic E-state index is -1.21. The highest BCUT2D eigenvalue weighted by Crippen LogP contribution is 2.56. The van der Waals surface area contributed by atoms with Crippen LogP contribution in [0.5, 0.6) is 11.5 Å². The van der Waals surface area contributed by atoms with Crippen LogP contribution in [0.2, 0.25) is 0 Å². The van der Waals surface area contributed by atoms with Crippen LogP contribution in [-0.4, -0.2) is 58.0 Å². The number of carbonyl (C=O) groups excluding carboxylic acids is 4. The molecule has 2 aliphatic heterocycles. The second-order valence-electron chi connectivity index (χ2n) is 12.6. The summed E-state index contributed by atoms with van der Waals surface area (Å²) in [6.07, 6.45) is 5.73. The quantitative estimate of drug-likeness (QED) is 0.243. The van der Waals surface area contributed by atoms with Gasteiger partial charge in [0.25, 0.3) is 0 Å². The molecule has 1 saturated carbocycles. The van der Waals surface area contributed by atoms with Crippen LogP contribution in [0.1, 0.15) is 39.1 Å². The van der Waals surface area contributed by atoms with E-state index in [9.17, 15) is 44.1 Å². The maximum atomic E-state index is 14.2. The second kappa shape index (κ2) is 11.9. The number of phenolic OH excluding ortho intramolecular Hbond substituents is 1. The first-order valence-electron chi connectivity index (χ1n) is 15.7. The minimum Gasteiger partial charge on any atom is -0.504 e. The van der Waals surface area contributed by atoms with Crippen LogP contribution in [0.15, 0.2) is 84.5 Å². The van der Waals surface area contributed by atoms with Crippen molar-refractivity contribution < 1.29 is 48.8 Å². The highest BCUT2D eigenvalue weighted by molar-refractivity contribution is 6.24. The number of hydrogen-bond acceptors (Lipinski definition) is 8. The van der Waals surface area contributed by atoms with Crippen LogP contribution in [0.4, 0.5) is 11.4 Å². The number of aromatic hydroxyl groups is 1. The molecule has 49 heavy (non-hydrogen) atoms. The number of amides is 4. The molecule has 7 rings (SSSR count). The van der Waals surface area contributed by atoms with Gasteiger partial charge in [-0.25, -0.2) is 9.59 Å². The van der Waals surface area contributed by atoms with Gasteiger partial charge in [-0.1, -0.05) is 42.0 Å². The fourth-order valence-corrected chi connectivity index (χ4v) is 7.93. The standard InChI is InChI=1S/C37H30N2O10/c1-49-29-14-18(9-13-28(29)40)8-10-24-23-11-12-25-31(35(44)38(32(25)41)21-6-2-4-19(15-21)36(45)46)26(23)17-27-30(24)34(43)39(33(27)42)22-7-3-5-20(16-22)37(47)48/h2-11,13-16,24-27,30-31,40H,12,17H2,1H3,(H,45,46)(H,47,48)/t24-,25-,26+,27+,30-,31-/m0/s1. The number of carbonyl (C=O) groups is 6. The zero-order valence-electron chi connectivity index (χ0n) is 26.1. The van der Waals surface area contributed by atoms with E-state index in [2.05, 4.69) is 0 Å². The predicted molar refractivity (Wildman–Crippen MR) is 174 cm³/mol. The molecule has 0 unspecified atom stereocenters. The Balaban J connectivity index is 1.30. The van der Waals surface area contributed by atoms with E-state index in [0.717, 1.165) is 15.4 Å². The number of allylic oxidation sites excluding steroid dienone is 3. The van der Waals surface area contributed by atoms with Crippen LogP contribution in [0.3, 0.4) is 0 Å². The molecule has 6 atom stereocenters. The Morgan fingerprint density at radius 3 is 1.94 bits per heavy atom. The Morgan fingerprint density at radius 2 is 1.35 bits per heavy atom. The first-order chi connectivity index (χ1) is 23.5. The minimum absolute atomic E-state index is 0.0582. The first kappa shape index (κ1) is 31.6. The fraction of sp³-hybridized carbons (Fsp3) is 0.243. The average Bonchev–Trinajstić information content (AvgIpc) is 3.50. The molecule has 0 bridgehead atoms. The third kappa shape index (κ3) is 5.07. The number of nitrogens with zero attached hydrogens (tertiary/aromatic N) is 2. The van der Waals surface area contributed by atoms with Gasteiger partial charge in [0, 0.05) is 5.92 Å². The molecule has 0 spiro atoms. The van der Waals surface area contributed by atoms with Crippen LogP contribution < -0.4 is 14.5 Å². The maximum Gasteiger partial charge on any atom is 0.335 e. The van der Waals surface area contributed by atoms with Gasteiger partial charge in [0.15, 0.2) is 11.5 Å². The Kier molecular flexibility index (Phi) is 7.65. The van der Waals surface area contributed by atoms with Gasteiger partial charge in [-0.05, 0) is 72.9 Å². The third-order valence-electron chi connectivity index (χ3n) is 10.1. The van der Waals surface area contributed by atoms with Gasteiger partial charge in [-0.3, -0.25) is 29.0 Å². The van der Waals surface area contributed by atoms with Crippen LogP contribution in [-0.2, 0) is 19.2 Å². The van der Waals surface area contributed by atoms with Gasteiger partial charge in [-0.15, -0.1) is 0 Å². The smallest absolute Gasteiger partial charge is 0.335 e. The largest absolute Gasteiger partial charge is 0.504 e. The summed E-state index contributed by atoms with van der Waals surface area (Å²) in [6, 6.07) is 15.9. The van der Waals surface area contributed by atoms with Gasteiger partial charge >= 0.3 is 11.9 Å². The molecular formula is C37H30N2O10. The van der Waals surface area contributed by atoms with Crippen LogP contribution >= 0.6 is 0 Å². The topological polar surface area (TPSA) is 179 Å². The molecule has 0 radical (unpaired) electrons. The molecule has 2 heterocycles. The average molecular weight is 663 g/mol. The monoisotopic (exact) mass is 662 g/mol. The Hall–Kier alpha value is -6.04. The Bertz CT molecular complexity index is 2030. The molecule has 12 nitrogen and oxygen atoms in total. The first-order valence-corrected chi connectivity index (χ1v) is 15.7. The zero-order valence-corrected chi connectivity index (χ0v) is 26.1. The van der Waals surface area contributed by atoms with Gasteiger partial charge in [0.05, 0.1) is 53.3 Å². The van der Waals surface area contributed by atoms with Gasteiger partial charge in [0.1, 0.15) is 0 Å². The molecular weight excluding hydrogens is 632 g/mol. The van der Waals surface area contributed by atoms with Crippen LogP contribution in [0.25, 0.3) is 6.08 Å². The number of anilines is 2. The number of carboxylic acid groups (broad SMARTS) is 2. The van der Waals surface area contributed by atoms with Crippen molar-refractivity contribution in [2.45, 2.75) is 12.8 Å². The summed E-state index contributed by atoms with van der Waals surface area (Å²) in [4.78, 5) is 81.7. The lowest BCUT2D eigenvalue weighted by atomic mass is 9.58. The van der Waals surface area contributed by atoms with E-state index < -0.39 is 71.1 Å². The highest BCUT2D eigenvalue weighted by atomic mass is 16.5. The number of carboxylic acids is 2. The second-order valence-corrected chi connectivity index (χ2v) is 12.6. The number of benzene rings is 3. The van der Waals surface area contributed by atoms with Crippen molar-refractivity contribution >= 4 is 53.0 Å². The van der Waals surface area contributed by atoms with Crippen LogP contribution in [0, 0.1) is 35.5 Å². The molecule has 3 aromatic rings. The normalized spacial score (nSPS) is 26.0. The summed E-state index contributed by atoms with van der Waals surface area (Å²) in [7, 11) is 1.42. The molecule has 248 valence electrons. The highest BCUT2D eigenvalue weighted by Gasteiger charge is 2.61.